The van der Waals surface area contributed by atoms with Crippen LogP contribution in [0.3, 0.4) is 0 Å². The summed E-state index contributed by atoms with van der Waals surface area (Å²) in [6, 6.07) is 7.38. The number of hydrogen-bond donors (Lipinski definition) is 1. The maximum atomic E-state index is 9.25. The number of hydrogen-bond acceptors (Lipinski definition) is 2. The lowest BCUT2D eigenvalue weighted by molar-refractivity contribution is 0.133. The molecular weight excluding hydrogens is 344 g/mol. The van der Waals surface area contributed by atoms with Gasteiger partial charge in [-0.15, -0.1) is 0 Å². The highest BCUT2D eigenvalue weighted by Crippen LogP contribution is 2.11. The second-order valence-corrected chi connectivity index (χ2v) is 7.61. The van der Waals surface area contributed by atoms with E-state index in [1.54, 1.807) is 12.1 Å². The minimum Gasteiger partial charge on any atom is -0.508 e. The molecule has 0 aliphatic rings. The molecule has 0 saturated heterocycles. The monoisotopic (exact) mass is 386 g/mol. The van der Waals surface area contributed by atoms with Crippen LogP contribution in [0.2, 0.25) is 0 Å². The molecule has 0 spiro atoms. The summed E-state index contributed by atoms with van der Waals surface area (Å²) >= 11 is 0. The Morgan fingerprint density at radius 1 is 0.714 bits per heavy atom. The van der Waals surface area contributed by atoms with Crippen molar-refractivity contribution < 1.29 is 9.84 Å². The highest BCUT2D eigenvalue weighted by molar-refractivity contribution is 5.25. The molecule has 2 heteroatoms. The molecule has 0 aliphatic heterocycles. The standard InChI is InChI=1S/C26H42O2/c1-2-3-4-5-6-7-8-9-10-11-12-13-14-15-16-17-23-28-24-22-25-18-20-26(27)21-19-25/h6-7,9-10,18-21,27H,2-5,8,11-17,22-24H2,1H3/b7-6-,10-9-. The first-order chi connectivity index (χ1) is 13.8. The third-order valence-electron chi connectivity index (χ3n) is 4.96. The lowest BCUT2D eigenvalue weighted by Crippen LogP contribution is -2.00. The summed E-state index contributed by atoms with van der Waals surface area (Å²) in [5, 5.41) is 9.25. The smallest absolute Gasteiger partial charge is 0.115 e. The van der Waals surface area contributed by atoms with Crippen molar-refractivity contribution in [3.05, 3.63) is 54.1 Å². The summed E-state index contributed by atoms with van der Waals surface area (Å²) in [5.74, 6) is 0.325. The van der Waals surface area contributed by atoms with Crippen LogP contribution < -0.4 is 0 Å². The summed E-state index contributed by atoms with van der Waals surface area (Å²) in [5.41, 5.74) is 1.22. The van der Waals surface area contributed by atoms with Crippen LogP contribution in [-0.4, -0.2) is 18.3 Å². The molecule has 0 atom stereocenters. The molecule has 2 nitrogen and oxygen atoms in total. The van der Waals surface area contributed by atoms with Crippen LogP contribution >= 0.6 is 0 Å². The second kappa shape index (κ2) is 18.8. The first-order valence-electron chi connectivity index (χ1n) is 11.5. The summed E-state index contributed by atoms with van der Waals surface area (Å²) in [4.78, 5) is 0. The molecule has 0 aromatic heterocycles. The van der Waals surface area contributed by atoms with Crippen LogP contribution in [0.25, 0.3) is 0 Å². The SMILES string of the molecule is CCCCC/C=C\C/C=C\CCCCCCCCOCCc1ccc(O)cc1. The van der Waals surface area contributed by atoms with Crippen LogP contribution in [0.15, 0.2) is 48.6 Å². The number of benzene rings is 1. The van der Waals surface area contributed by atoms with Gasteiger partial charge in [-0.2, -0.15) is 0 Å². The van der Waals surface area contributed by atoms with Crippen molar-refractivity contribution in [1.82, 2.24) is 0 Å². The third-order valence-corrected chi connectivity index (χ3v) is 4.96. The van der Waals surface area contributed by atoms with Gasteiger partial charge < -0.3 is 9.84 Å². The third kappa shape index (κ3) is 15.5. The van der Waals surface area contributed by atoms with Gasteiger partial charge in [0, 0.05) is 6.61 Å². The fraction of sp³-hybridized carbons (Fsp3) is 0.615. The Labute approximate surface area is 173 Å². The molecule has 1 aromatic carbocycles. The average molecular weight is 387 g/mol. The van der Waals surface area contributed by atoms with Crippen molar-refractivity contribution in [3.63, 3.8) is 0 Å². The molecule has 1 aromatic rings. The van der Waals surface area contributed by atoms with E-state index in [0.717, 1.165) is 26.1 Å². The molecule has 0 aliphatic carbocycles. The minimum absolute atomic E-state index is 0.325. The Balaban J connectivity index is 1.78. The molecule has 0 unspecified atom stereocenters. The van der Waals surface area contributed by atoms with Gasteiger partial charge in [-0.1, -0.05) is 81.9 Å². The Bertz CT molecular complexity index is 502. The lowest BCUT2D eigenvalue weighted by Gasteiger charge is -2.05. The highest BCUT2D eigenvalue weighted by Gasteiger charge is 1.95. The summed E-state index contributed by atoms with van der Waals surface area (Å²) in [6.45, 7) is 3.89. The van der Waals surface area contributed by atoms with Crippen molar-refractivity contribution in [2.75, 3.05) is 13.2 Å². The Morgan fingerprint density at radius 2 is 1.32 bits per heavy atom. The molecule has 0 fully saturated rings. The van der Waals surface area contributed by atoms with Gasteiger partial charge >= 0.3 is 0 Å². The lowest BCUT2D eigenvalue weighted by atomic mass is 10.1. The van der Waals surface area contributed by atoms with E-state index in [9.17, 15) is 5.11 Å². The van der Waals surface area contributed by atoms with Gasteiger partial charge in [0.2, 0.25) is 0 Å². The van der Waals surface area contributed by atoms with E-state index in [4.69, 9.17) is 4.74 Å². The topological polar surface area (TPSA) is 29.5 Å². The maximum absolute atomic E-state index is 9.25. The fourth-order valence-electron chi connectivity index (χ4n) is 3.15. The zero-order valence-corrected chi connectivity index (χ0v) is 18.1. The molecule has 0 radical (unpaired) electrons. The van der Waals surface area contributed by atoms with Crippen molar-refractivity contribution in [1.29, 1.82) is 0 Å². The quantitative estimate of drug-likeness (QED) is 0.206. The van der Waals surface area contributed by atoms with Crippen LogP contribution in [-0.2, 0) is 11.2 Å². The van der Waals surface area contributed by atoms with Crippen molar-refractivity contribution >= 4 is 0 Å². The number of unbranched alkanes of at least 4 members (excludes halogenated alkanes) is 9. The summed E-state index contributed by atoms with van der Waals surface area (Å²) in [6.07, 6.45) is 25.6. The first-order valence-corrected chi connectivity index (χ1v) is 11.5. The van der Waals surface area contributed by atoms with Crippen molar-refractivity contribution in [2.24, 2.45) is 0 Å². The number of allylic oxidation sites excluding steroid dienone is 4. The predicted molar refractivity (Wildman–Crippen MR) is 122 cm³/mol. The van der Waals surface area contributed by atoms with Crippen LogP contribution in [0, 0.1) is 0 Å². The van der Waals surface area contributed by atoms with E-state index in [-0.39, 0.29) is 0 Å². The molecule has 0 heterocycles. The molecule has 0 bridgehead atoms. The Kier molecular flexibility index (Phi) is 16.5. The average Bonchev–Trinajstić information content (AvgIpc) is 2.71. The van der Waals surface area contributed by atoms with E-state index >= 15 is 0 Å². The van der Waals surface area contributed by atoms with Gasteiger partial charge in [0.15, 0.2) is 0 Å². The van der Waals surface area contributed by atoms with Crippen LogP contribution in [0.5, 0.6) is 5.75 Å². The van der Waals surface area contributed by atoms with Crippen LogP contribution in [0.4, 0.5) is 0 Å². The van der Waals surface area contributed by atoms with Crippen LogP contribution in [0.1, 0.15) is 89.5 Å². The molecule has 158 valence electrons. The van der Waals surface area contributed by atoms with E-state index < -0.39 is 0 Å². The van der Waals surface area contributed by atoms with Gasteiger partial charge in [0.25, 0.3) is 0 Å². The molecule has 28 heavy (non-hydrogen) atoms. The first kappa shape index (κ1) is 24.5. The normalized spacial score (nSPS) is 11.8. The second-order valence-electron chi connectivity index (χ2n) is 7.61. The molecule has 1 N–H and O–H groups in total. The van der Waals surface area contributed by atoms with E-state index in [1.807, 2.05) is 12.1 Å². The predicted octanol–water partition coefficient (Wildman–Crippen LogP) is 7.76. The maximum Gasteiger partial charge on any atom is 0.115 e. The zero-order valence-electron chi connectivity index (χ0n) is 18.1. The van der Waals surface area contributed by atoms with E-state index in [0.29, 0.717) is 5.75 Å². The van der Waals surface area contributed by atoms with E-state index in [2.05, 4.69) is 31.2 Å². The Morgan fingerprint density at radius 3 is 2.00 bits per heavy atom. The van der Waals surface area contributed by atoms with Gasteiger partial charge in [0.1, 0.15) is 5.75 Å². The van der Waals surface area contributed by atoms with Gasteiger partial charge in [-0.3, -0.25) is 0 Å². The number of aromatic hydroxyl groups is 1. The zero-order chi connectivity index (χ0) is 20.1. The molecule has 1 rings (SSSR count). The molecular formula is C26H42O2. The molecule has 0 amide bonds. The largest absolute Gasteiger partial charge is 0.508 e. The van der Waals surface area contributed by atoms with Gasteiger partial charge in [-0.25, -0.2) is 0 Å². The Hall–Kier alpha value is -1.54. The van der Waals surface area contributed by atoms with E-state index in [1.165, 1.54) is 76.2 Å². The number of rotatable bonds is 18. The number of phenolic OH excluding ortho intramolecular Hbond substituents is 1. The number of phenols is 1. The molecule has 0 saturated carbocycles. The van der Waals surface area contributed by atoms with Crippen molar-refractivity contribution in [2.45, 2.75) is 90.4 Å². The van der Waals surface area contributed by atoms with Gasteiger partial charge in [0.05, 0.1) is 6.61 Å². The number of ether oxygens (including phenoxy) is 1. The fourth-order valence-corrected chi connectivity index (χ4v) is 3.15. The summed E-state index contributed by atoms with van der Waals surface area (Å²) < 4.78 is 5.71. The highest BCUT2D eigenvalue weighted by atomic mass is 16.5. The van der Waals surface area contributed by atoms with Crippen molar-refractivity contribution in [3.8, 4) is 5.75 Å². The van der Waals surface area contributed by atoms with Gasteiger partial charge in [-0.05, 0) is 62.6 Å². The summed E-state index contributed by atoms with van der Waals surface area (Å²) in [7, 11) is 0. The minimum atomic E-state index is 0.325.